The Morgan fingerprint density at radius 2 is 2.06 bits per heavy atom. The number of anilines is 1. The maximum absolute atomic E-state index is 13.3. The van der Waals surface area contributed by atoms with Gasteiger partial charge in [-0.2, -0.15) is 13.2 Å². The lowest BCUT2D eigenvalue weighted by atomic mass is 10.2. The van der Waals surface area contributed by atoms with Gasteiger partial charge in [-0.3, -0.25) is 14.0 Å². The van der Waals surface area contributed by atoms with Crippen LogP contribution in [0, 0.1) is 0 Å². The number of nitrogens with one attached hydrogen (secondary N) is 1. The van der Waals surface area contributed by atoms with Crippen LogP contribution in [0.2, 0.25) is 0 Å². The third-order valence-electron chi connectivity index (χ3n) is 6.47. The normalized spacial score (nSPS) is 16.2. The molecule has 5 heterocycles. The van der Waals surface area contributed by atoms with Crippen molar-refractivity contribution in [3.05, 3.63) is 70.4 Å². The summed E-state index contributed by atoms with van der Waals surface area (Å²) >= 11 is 0. The topological polar surface area (TPSA) is 84.5 Å². The van der Waals surface area contributed by atoms with Gasteiger partial charge in [-0.15, -0.1) is 0 Å². The van der Waals surface area contributed by atoms with Gasteiger partial charge in [0.15, 0.2) is 0 Å². The van der Waals surface area contributed by atoms with Crippen molar-refractivity contribution in [2.24, 2.45) is 0 Å². The van der Waals surface area contributed by atoms with Crippen LogP contribution in [-0.2, 0) is 12.7 Å². The molecule has 1 atom stereocenters. The van der Waals surface area contributed by atoms with E-state index in [1.165, 1.54) is 10.5 Å². The number of aromatic nitrogens is 4. The number of halogens is 3. The fourth-order valence-corrected chi connectivity index (χ4v) is 4.57. The SMILES string of the molecule is CCCCn1c(C(=O)NC2CCN(c3ccc(C(F)(F)F)cn3)C2)cc2c(=O)n3ccccc3nc21. The Bertz CT molecular complexity index is 1480. The first kappa shape index (κ1) is 23.8. The lowest BCUT2D eigenvalue weighted by Crippen LogP contribution is -2.38. The van der Waals surface area contributed by atoms with Crippen LogP contribution in [0.25, 0.3) is 16.7 Å². The molecule has 1 aliphatic heterocycles. The average molecular weight is 499 g/mol. The molecule has 0 radical (unpaired) electrons. The number of unbranched alkanes of at least 4 members (excludes halogenated alkanes) is 1. The monoisotopic (exact) mass is 498 g/mol. The summed E-state index contributed by atoms with van der Waals surface area (Å²) in [5.41, 5.74) is 0.317. The number of pyridine rings is 2. The minimum atomic E-state index is -4.44. The zero-order valence-electron chi connectivity index (χ0n) is 19.6. The highest BCUT2D eigenvalue weighted by Gasteiger charge is 2.32. The highest BCUT2D eigenvalue weighted by atomic mass is 19.4. The Morgan fingerprint density at radius 1 is 1.22 bits per heavy atom. The van der Waals surface area contributed by atoms with E-state index in [0.29, 0.717) is 54.2 Å². The van der Waals surface area contributed by atoms with Crippen molar-refractivity contribution in [1.82, 2.24) is 24.3 Å². The highest BCUT2D eigenvalue weighted by Crippen LogP contribution is 2.30. The molecular formula is C25H25F3N6O2. The van der Waals surface area contributed by atoms with E-state index in [4.69, 9.17) is 0 Å². The van der Waals surface area contributed by atoms with Crippen molar-refractivity contribution in [3.8, 4) is 0 Å². The van der Waals surface area contributed by atoms with Gasteiger partial charge in [0, 0.05) is 38.1 Å². The minimum Gasteiger partial charge on any atom is -0.354 e. The molecule has 1 N–H and O–H groups in total. The maximum atomic E-state index is 13.3. The molecule has 0 aromatic carbocycles. The van der Waals surface area contributed by atoms with Gasteiger partial charge in [0.1, 0.15) is 22.8 Å². The molecule has 4 aromatic heterocycles. The van der Waals surface area contributed by atoms with Crippen molar-refractivity contribution < 1.29 is 18.0 Å². The van der Waals surface area contributed by atoms with Gasteiger partial charge < -0.3 is 14.8 Å². The molecule has 1 amide bonds. The number of carbonyl (C=O) groups excluding carboxylic acids is 1. The first-order chi connectivity index (χ1) is 17.3. The second-order valence-electron chi connectivity index (χ2n) is 8.93. The van der Waals surface area contributed by atoms with E-state index in [-0.39, 0.29) is 17.5 Å². The second kappa shape index (κ2) is 9.29. The Kier molecular flexibility index (Phi) is 6.15. The smallest absolute Gasteiger partial charge is 0.354 e. The van der Waals surface area contributed by atoms with Crippen molar-refractivity contribution in [1.29, 1.82) is 0 Å². The molecule has 36 heavy (non-hydrogen) atoms. The summed E-state index contributed by atoms with van der Waals surface area (Å²) in [7, 11) is 0. The Morgan fingerprint density at radius 3 is 2.78 bits per heavy atom. The molecule has 0 aliphatic carbocycles. The molecule has 188 valence electrons. The van der Waals surface area contributed by atoms with Crippen LogP contribution < -0.4 is 15.8 Å². The number of hydrogen-bond acceptors (Lipinski definition) is 5. The van der Waals surface area contributed by atoms with Crippen molar-refractivity contribution in [3.63, 3.8) is 0 Å². The third-order valence-corrected chi connectivity index (χ3v) is 6.47. The molecule has 5 rings (SSSR count). The van der Waals surface area contributed by atoms with E-state index in [0.717, 1.165) is 25.1 Å². The number of rotatable bonds is 6. The summed E-state index contributed by atoms with van der Waals surface area (Å²) in [6, 6.07) is 9.04. The van der Waals surface area contributed by atoms with Gasteiger partial charge in [0.2, 0.25) is 0 Å². The number of carbonyl (C=O) groups is 1. The van der Waals surface area contributed by atoms with Gasteiger partial charge in [-0.25, -0.2) is 9.97 Å². The molecular weight excluding hydrogens is 473 g/mol. The van der Waals surface area contributed by atoms with E-state index in [1.807, 2.05) is 11.8 Å². The maximum Gasteiger partial charge on any atom is 0.417 e. The summed E-state index contributed by atoms with van der Waals surface area (Å²) < 4.78 is 41.7. The number of amides is 1. The van der Waals surface area contributed by atoms with Crippen molar-refractivity contribution in [2.45, 2.75) is 44.9 Å². The molecule has 1 aliphatic rings. The molecule has 1 fully saturated rings. The molecule has 1 unspecified atom stereocenters. The minimum absolute atomic E-state index is 0.215. The lowest BCUT2D eigenvalue weighted by Gasteiger charge is -2.19. The van der Waals surface area contributed by atoms with Crippen molar-refractivity contribution >= 4 is 28.4 Å². The van der Waals surface area contributed by atoms with Gasteiger partial charge in [0.25, 0.3) is 11.5 Å². The van der Waals surface area contributed by atoms with Gasteiger partial charge in [-0.1, -0.05) is 19.4 Å². The van der Waals surface area contributed by atoms with Crippen LogP contribution in [0.1, 0.15) is 42.2 Å². The van der Waals surface area contributed by atoms with Crippen LogP contribution in [0.4, 0.5) is 19.0 Å². The van der Waals surface area contributed by atoms with E-state index in [2.05, 4.69) is 15.3 Å². The molecule has 11 heteroatoms. The van der Waals surface area contributed by atoms with Crippen LogP contribution in [0.15, 0.2) is 53.6 Å². The average Bonchev–Trinajstić information content (AvgIpc) is 3.47. The van der Waals surface area contributed by atoms with E-state index < -0.39 is 11.7 Å². The molecule has 1 saturated heterocycles. The highest BCUT2D eigenvalue weighted by molar-refractivity contribution is 5.98. The largest absolute Gasteiger partial charge is 0.417 e. The lowest BCUT2D eigenvalue weighted by molar-refractivity contribution is -0.137. The van der Waals surface area contributed by atoms with E-state index >= 15 is 0 Å². The summed E-state index contributed by atoms with van der Waals surface area (Å²) in [5.74, 6) is 0.116. The van der Waals surface area contributed by atoms with Crippen LogP contribution >= 0.6 is 0 Å². The molecule has 0 spiro atoms. The van der Waals surface area contributed by atoms with Gasteiger partial charge in [0.05, 0.1) is 10.9 Å². The summed E-state index contributed by atoms with van der Waals surface area (Å²) in [6.45, 7) is 3.57. The number of nitrogens with zero attached hydrogens (tertiary/aromatic N) is 5. The Labute approximate surface area is 204 Å². The Hall–Kier alpha value is -3.89. The number of hydrogen-bond donors (Lipinski definition) is 1. The second-order valence-corrected chi connectivity index (χ2v) is 8.93. The van der Waals surface area contributed by atoms with E-state index in [9.17, 15) is 22.8 Å². The fourth-order valence-electron chi connectivity index (χ4n) is 4.57. The Balaban J connectivity index is 1.38. The van der Waals surface area contributed by atoms with Crippen LogP contribution in [-0.4, -0.2) is 44.0 Å². The summed E-state index contributed by atoms with van der Waals surface area (Å²) in [6.07, 6.45) is 0.376. The standard InChI is InChI=1S/C25H25F3N6O2/c1-2-3-10-33-19(13-18-22(33)31-21-6-4-5-11-34(21)24(18)36)23(35)30-17-9-12-32(15-17)20-8-7-16(14-29-20)25(26,27)28/h4-8,11,13-14,17H,2-3,9-10,12,15H2,1H3,(H,30,35). The summed E-state index contributed by atoms with van der Waals surface area (Å²) in [5, 5.41) is 3.40. The van der Waals surface area contributed by atoms with Gasteiger partial charge >= 0.3 is 6.18 Å². The molecule has 0 bridgehead atoms. The van der Waals surface area contributed by atoms with Crippen LogP contribution in [0.5, 0.6) is 0 Å². The van der Waals surface area contributed by atoms with Crippen molar-refractivity contribution in [2.75, 3.05) is 18.0 Å². The number of fused-ring (bicyclic) bond motifs is 2. The van der Waals surface area contributed by atoms with Gasteiger partial charge in [-0.05, 0) is 43.2 Å². The summed E-state index contributed by atoms with van der Waals surface area (Å²) in [4.78, 5) is 36.9. The van der Waals surface area contributed by atoms with E-state index in [1.54, 1.807) is 35.0 Å². The first-order valence-electron chi connectivity index (χ1n) is 11.9. The predicted octanol–water partition coefficient (Wildman–Crippen LogP) is 3.87. The number of aryl methyl sites for hydroxylation is 1. The zero-order chi connectivity index (χ0) is 25.4. The first-order valence-corrected chi connectivity index (χ1v) is 11.9. The zero-order valence-corrected chi connectivity index (χ0v) is 19.6. The third kappa shape index (κ3) is 4.40. The molecule has 4 aromatic rings. The molecule has 0 saturated carbocycles. The predicted molar refractivity (Wildman–Crippen MR) is 129 cm³/mol. The number of alkyl halides is 3. The van der Waals surface area contributed by atoms with Crippen LogP contribution in [0.3, 0.4) is 0 Å². The fraction of sp³-hybridized carbons (Fsp3) is 0.360. The quantitative estimate of drug-likeness (QED) is 0.436. The molecule has 8 nitrogen and oxygen atoms in total.